The summed E-state index contributed by atoms with van der Waals surface area (Å²) >= 11 is 0.948. The molecule has 0 aliphatic rings. The highest BCUT2D eigenvalue weighted by atomic mass is 32.2. The van der Waals surface area contributed by atoms with Crippen LogP contribution in [-0.4, -0.2) is 25.7 Å². The molecule has 1 aromatic heterocycles. The van der Waals surface area contributed by atoms with E-state index in [1.54, 1.807) is 12.1 Å². The number of rotatable bonds is 2. The predicted octanol–water partition coefficient (Wildman–Crippen LogP) is 1.13. The van der Waals surface area contributed by atoms with Gasteiger partial charge in [-0.1, -0.05) is 30.3 Å². The monoisotopic (exact) mass is 206 g/mol. The maximum atomic E-state index is 11.6. The Morgan fingerprint density at radius 1 is 1.29 bits per heavy atom. The minimum absolute atomic E-state index is 0.0907. The van der Waals surface area contributed by atoms with Gasteiger partial charge >= 0.3 is 0 Å². The lowest BCUT2D eigenvalue weighted by Crippen LogP contribution is -1.93. The molecule has 0 spiro atoms. The van der Waals surface area contributed by atoms with E-state index in [4.69, 9.17) is 0 Å². The molecule has 1 aromatic carbocycles. The molecule has 5 nitrogen and oxygen atoms in total. The van der Waals surface area contributed by atoms with Crippen LogP contribution in [0.4, 0.5) is 0 Å². The van der Waals surface area contributed by atoms with Gasteiger partial charge in [0, 0.05) is 5.56 Å². The van der Waals surface area contributed by atoms with Crippen molar-refractivity contribution in [3.63, 3.8) is 0 Å². The third-order valence-corrected chi connectivity index (χ3v) is 2.30. The van der Waals surface area contributed by atoms with Gasteiger partial charge in [-0.3, -0.25) is 4.79 Å². The van der Waals surface area contributed by atoms with E-state index >= 15 is 0 Å². The zero-order chi connectivity index (χ0) is 9.80. The first-order chi connectivity index (χ1) is 6.86. The van der Waals surface area contributed by atoms with Gasteiger partial charge in [0.15, 0.2) is 0 Å². The molecule has 0 unspecified atom stereocenters. The smallest absolute Gasteiger partial charge is 0.238 e. The van der Waals surface area contributed by atoms with E-state index in [9.17, 15) is 4.79 Å². The molecule has 1 N–H and O–H groups in total. The largest absolute Gasteiger partial charge is 0.281 e. The lowest BCUT2D eigenvalue weighted by Gasteiger charge is -1.94. The van der Waals surface area contributed by atoms with E-state index in [0.717, 1.165) is 11.8 Å². The molecule has 2 aromatic rings. The lowest BCUT2D eigenvalue weighted by molar-refractivity contribution is 0.108. The first kappa shape index (κ1) is 8.89. The summed E-state index contributed by atoms with van der Waals surface area (Å²) in [4.78, 5) is 11.6. The molecule has 2 rings (SSSR count). The van der Waals surface area contributed by atoms with Gasteiger partial charge in [0.1, 0.15) is 0 Å². The van der Waals surface area contributed by atoms with Gasteiger partial charge in [0.05, 0.1) is 0 Å². The van der Waals surface area contributed by atoms with Crippen LogP contribution in [0.25, 0.3) is 0 Å². The van der Waals surface area contributed by atoms with Crippen LogP contribution in [0.15, 0.2) is 35.5 Å². The van der Waals surface area contributed by atoms with E-state index in [-0.39, 0.29) is 5.12 Å². The van der Waals surface area contributed by atoms with E-state index in [2.05, 4.69) is 20.6 Å². The number of nitrogens with one attached hydrogen (secondary N) is 1. The second-order valence-electron chi connectivity index (χ2n) is 2.45. The Morgan fingerprint density at radius 2 is 2.07 bits per heavy atom. The van der Waals surface area contributed by atoms with Crippen molar-refractivity contribution in [1.82, 2.24) is 20.6 Å². The highest BCUT2D eigenvalue weighted by Crippen LogP contribution is 2.17. The molecule has 0 saturated carbocycles. The second-order valence-corrected chi connectivity index (χ2v) is 3.39. The number of thioether (sulfide) groups is 1. The molecule has 70 valence electrons. The van der Waals surface area contributed by atoms with Crippen molar-refractivity contribution in [3.05, 3.63) is 35.9 Å². The standard InChI is InChI=1S/C8H6N4OS/c13-7(6-4-2-1-3-5-6)14-8-9-11-12-10-8/h1-5H,(H,9,10,11,12). The number of benzene rings is 1. The summed E-state index contributed by atoms with van der Waals surface area (Å²) in [5.74, 6) is 0. The number of aromatic amines is 1. The zero-order valence-corrected chi connectivity index (χ0v) is 7.86. The Bertz CT molecular complexity index is 414. The van der Waals surface area contributed by atoms with Crippen LogP contribution < -0.4 is 0 Å². The molecular formula is C8H6N4OS. The van der Waals surface area contributed by atoms with Crippen molar-refractivity contribution < 1.29 is 4.79 Å². The number of nitrogens with zero attached hydrogens (tertiary/aromatic N) is 3. The molecule has 0 radical (unpaired) electrons. The van der Waals surface area contributed by atoms with Gasteiger partial charge in [-0.2, -0.15) is 5.21 Å². The van der Waals surface area contributed by atoms with Gasteiger partial charge in [0.2, 0.25) is 10.3 Å². The maximum absolute atomic E-state index is 11.6. The van der Waals surface area contributed by atoms with Crippen LogP contribution in [-0.2, 0) is 0 Å². The summed E-state index contributed by atoms with van der Waals surface area (Å²) in [6.07, 6.45) is 0. The second kappa shape index (κ2) is 4.01. The molecule has 0 aliphatic heterocycles. The molecule has 0 amide bonds. The van der Waals surface area contributed by atoms with E-state index in [1.165, 1.54) is 0 Å². The third kappa shape index (κ3) is 1.97. The van der Waals surface area contributed by atoms with Crippen molar-refractivity contribution in [2.24, 2.45) is 0 Å². The van der Waals surface area contributed by atoms with Crippen molar-refractivity contribution in [2.75, 3.05) is 0 Å². The third-order valence-electron chi connectivity index (χ3n) is 1.52. The minimum Gasteiger partial charge on any atom is -0.281 e. The van der Waals surface area contributed by atoms with Crippen molar-refractivity contribution >= 4 is 16.9 Å². The normalized spacial score (nSPS) is 10.0. The molecule has 0 atom stereocenters. The average Bonchev–Trinajstić information content (AvgIpc) is 2.72. The topological polar surface area (TPSA) is 71.5 Å². The number of carbonyl (C=O) groups excluding carboxylic acids is 1. The summed E-state index contributed by atoms with van der Waals surface area (Å²) in [5.41, 5.74) is 0.627. The number of H-pyrrole nitrogens is 1. The SMILES string of the molecule is O=C(Sc1nn[nH]n1)c1ccccc1. The minimum atomic E-state index is -0.0907. The van der Waals surface area contributed by atoms with E-state index in [1.807, 2.05) is 18.2 Å². The summed E-state index contributed by atoms with van der Waals surface area (Å²) in [7, 11) is 0. The Balaban J connectivity index is 2.11. The summed E-state index contributed by atoms with van der Waals surface area (Å²) in [5, 5.41) is 13.2. The van der Waals surface area contributed by atoms with Crippen LogP contribution in [0.3, 0.4) is 0 Å². The number of tetrazole rings is 1. The Labute approximate surface area is 83.9 Å². The molecule has 0 saturated heterocycles. The maximum Gasteiger partial charge on any atom is 0.238 e. The number of aromatic nitrogens is 4. The van der Waals surface area contributed by atoms with Crippen LogP contribution in [0.2, 0.25) is 0 Å². The number of hydrogen-bond acceptors (Lipinski definition) is 5. The highest BCUT2D eigenvalue weighted by molar-refractivity contribution is 8.14. The molecule has 14 heavy (non-hydrogen) atoms. The van der Waals surface area contributed by atoms with E-state index < -0.39 is 0 Å². The van der Waals surface area contributed by atoms with Crippen LogP contribution in [0, 0.1) is 0 Å². The Kier molecular flexibility index (Phi) is 2.55. The molecule has 1 heterocycles. The molecule has 0 aliphatic carbocycles. The molecule has 6 heteroatoms. The van der Waals surface area contributed by atoms with Gasteiger partial charge in [-0.25, -0.2) is 0 Å². The van der Waals surface area contributed by atoms with Crippen molar-refractivity contribution in [1.29, 1.82) is 0 Å². The van der Waals surface area contributed by atoms with Crippen LogP contribution in [0.1, 0.15) is 10.4 Å². The average molecular weight is 206 g/mol. The molecular weight excluding hydrogens is 200 g/mol. The van der Waals surface area contributed by atoms with Crippen molar-refractivity contribution in [2.45, 2.75) is 5.16 Å². The quantitative estimate of drug-likeness (QED) is 0.746. The Hall–Kier alpha value is -1.69. The van der Waals surface area contributed by atoms with Crippen molar-refractivity contribution in [3.8, 4) is 0 Å². The van der Waals surface area contributed by atoms with Gasteiger partial charge in [-0.15, -0.1) is 10.2 Å². The van der Waals surface area contributed by atoms with Crippen LogP contribution >= 0.6 is 11.8 Å². The molecule has 0 bridgehead atoms. The predicted molar refractivity (Wildman–Crippen MR) is 50.8 cm³/mol. The lowest BCUT2D eigenvalue weighted by atomic mass is 10.2. The fraction of sp³-hybridized carbons (Fsp3) is 0. The summed E-state index contributed by atoms with van der Waals surface area (Å²) < 4.78 is 0. The first-order valence-corrected chi connectivity index (χ1v) is 4.68. The van der Waals surface area contributed by atoms with E-state index in [0.29, 0.717) is 10.7 Å². The van der Waals surface area contributed by atoms with Gasteiger partial charge < -0.3 is 0 Å². The van der Waals surface area contributed by atoms with Gasteiger partial charge in [-0.05, 0) is 17.0 Å². The zero-order valence-electron chi connectivity index (χ0n) is 7.04. The Morgan fingerprint density at radius 3 is 2.71 bits per heavy atom. The summed E-state index contributed by atoms with van der Waals surface area (Å²) in [6.45, 7) is 0. The van der Waals surface area contributed by atoms with Gasteiger partial charge in [0.25, 0.3) is 0 Å². The number of carbonyl (C=O) groups is 1. The fourth-order valence-electron chi connectivity index (χ4n) is 0.912. The fourth-order valence-corrected chi connectivity index (χ4v) is 1.50. The number of hydrogen-bond donors (Lipinski definition) is 1. The van der Waals surface area contributed by atoms with Crippen LogP contribution in [0.5, 0.6) is 0 Å². The summed E-state index contributed by atoms with van der Waals surface area (Å²) in [6, 6.07) is 8.97. The molecule has 0 fully saturated rings. The highest BCUT2D eigenvalue weighted by Gasteiger charge is 2.09. The first-order valence-electron chi connectivity index (χ1n) is 3.87.